The minimum absolute atomic E-state index is 0.0479. The van der Waals surface area contributed by atoms with Crippen LogP contribution in [0.1, 0.15) is 18.1 Å². The van der Waals surface area contributed by atoms with Crippen LogP contribution in [0.25, 0.3) is 0 Å². The SMILES string of the molecule is CCOC(=O)Cc1cc(OC(F)(F)F)nc(I)c1CN. The first kappa shape index (κ1) is 17.0. The van der Waals surface area contributed by atoms with Gasteiger partial charge in [0, 0.05) is 18.2 Å². The Morgan fingerprint density at radius 2 is 2.15 bits per heavy atom. The van der Waals surface area contributed by atoms with Gasteiger partial charge in [-0.3, -0.25) is 4.79 Å². The van der Waals surface area contributed by atoms with Crippen LogP contribution in [0.2, 0.25) is 0 Å². The Hall–Kier alpha value is -1.10. The van der Waals surface area contributed by atoms with Gasteiger partial charge < -0.3 is 15.2 Å². The highest BCUT2D eigenvalue weighted by molar-refractivity contribution is 14.1. The number of nitrogens with two attached hydrogens (primary N) is 1. The van der Waals surface area contributed by atoms with Gasteiger partial charge in [-0.2, -0.15) is 0 Å². The Labute approximate surface area is 126 Å². The summed E-state index contributed by atoms with van der Waals surface area (Å²) in [6.45, 7) is 1.87. The van der Waals surface area contributed by atoms with E-state index in [1.54, 1.807) is 29.5 Å². The lowest BCUT2D eigenvalue weighted by atomic mass is 10.1. The molecule has 1 aromatic heterocycles. The number of pyridine rings is 1. The van der Waals surface area contributed by atoms with Gasteiger partial charge in [-0.1, -0.05) is 0 Å². The normalized spacial score (nSPS) is 11.3. The van der Waals surface area contributed by atoms with Gasteiger partial charge in [0.1, 0.15) is 3.70 Å². The number of carbonyl (C=O) groups is 1. The van der Waals surface area contributed by atoms with Crippen LogP contribution in [-0.4, -0.2) is 23.9 Å². The van der Waals surface area contributed by atoms with E-state index in [9.17, 15) is 18.0 Å². The van der Waals surface area contributed by atoms with Gasteiger partial charge in [-0.15, -0.1) is 13.2 Å². The second-order valence-corrected chi connectivity index (χ2v) is 4.64. The maximum atomic E-state index is 12.2. The second kappa shape index (κ2) is 7.07. The zero-order chi connectivity index (χ0) is 15.3. The molecule has 0 unspecified atom stereocenters. The van der Waals surface area contributed by atoms with Crippen LogP contribution in [0.5, 0.6) is 5.88 Å². The third-order valence-electron chi connectivity index (χ3n) is 2.21. The molecule has 20 heavy (non-hydrogen) atoms. The first-order valence-corrected chi connectivity index (χ1v) is 6.64. The lowest BCUT2D eigenvalue weighted by Gasteiger charge is -2.13. The fraction of sp³-hybridized carbons (Fsp3) is 0.455. The number of hydrogen-bond donors (Lipinski definition) is 1. The smallest absolute Gasteiger partial charge is 0.466 e. The van der Waals surface area contributed by atoms with E-state index in [0.29, 0.717) is 11.1 Å². The van der Waals surface area contributed by atoms with E-state index in [1.165, 1.54) is 0 Å². The Balaban J connectivity index is 3.09. The summed E-state index contributed by atoms with van der Waals surface area (Å²) in [5.74, 6) is -1.18. The van der Waals surface area contributed by atoms with Crippen LogP contribution >= 0.6 is 22.6 Å². The number of aromatic nitrogens is 1. The van der Waals surface area contributed by atoms with Gasteiger partial charge in [-0.25, -0.2) is 4.98 Å². The van der Waals surface area contributed by atoms with E-state index in [4.69, 9.17) is 10.5 Å². The molecular formula is C11H12F3IN2O3. The van der Waals surface area contributed by atoms with E-state index in [2.05, 4.69) is 9.72 Å². The van der Waals surface area contributed by atoms with Crippen molar-refractivity contribution < 1.29 is 27.4 Å². The molecule has 0 amide bonds. The lowest BCUT2D eigenvalue weighted by Crippen LogP contribution is -2.20. The van der Waals surface area contributed by atoms with Crippen molar-refractivity contribution >= 4 is 28.6 Å². The van der Waals surface area contributed by atoms with Crippen LogP contribution in [-0.2, 0) is 22.5 Å². The molecule has 0 saturated heterocycles. The second-order valence-electron chi connectivity index (χ2n) is 3.62. The van der Waals surface area contributed by atoms with E-state index in [1.807, 2.05) is 0 Å². The Bertz CT molecular complexity index is 495. The van der Waals surface area contributed by atoms with E-state index >= 15 is 0 Å². The molecule has 0 aliphatic carbocycles. The average molecular weight is 404 g/mol. The zero-order valence-corrected chi connectivity index (χ0v) is 12.6. The molecule has 0 radical (unpaired) electrons. The van der Waals surface area contributed by atoms with Crippen molar-refractivity contribution in [3.8, 4) is 5.88 Å². The lowest BCUT2D eigenvalue weighted by molar-refractivity contribution is -0.276. The van der Waals surface area contributed by atoms with Crippen molar-refractivity contribution in [1.29, 1.82) is 0 Å². The number of halogens is 4. The topological polar surface area (TPSA) is 74.4 Å². The number of ether oxygens (including phenoxy) is 2. The molecule has 0 saturated carbocycles. The predicted molar refractivity (Wildman–Crippen MR) is 71.9 cm³/mol. The van der Waals surface area contributed by atoms with Crippen LogP contribution < -0.4 is 10.5 Å². The minimum atomic E-state index is -4.85. The molecule has 2 N–H and O–H groups in total. The number of carbonyl (C=O) groups excluding carboxylic acids is 1. The molecule has 112 valence electrons. The predicted octanol–water partition coefficient (Wildman–Crippen LogP) is 2.15. The molecule has 1 rings (SSSR count). The third kappa shape index (κ3) is 5.12. The Kier molecular flexibility index (Phi) is 5.99. The van der Waals surface area contributed by atoms with Gasteiger partial charge in [-0.05, 0) is 35.1 Å². The van der Waals surface area contributed by atoms with Crippen LogP contribution in [0.3, 0.4) is 0 Å². The van der Waals surface area contributed by atoms with Gasteiger partial charge >= 0.3 is 12.3 Å². The van der Waals surface area contributed by atoms with Gasteiger partial charge in [0.15, 0.2) is 0 Å². The minimum Gasteiger partial charge on any atom is -0.466 e. The number of esters is 1. The molecule has 0 fully saturated rings. The summed E-state index contributed by atoms with van der Waals surface area (Å²) in [7, 11) is 0. The van der Waals surface area contributed by atoms with Crippen molar-refractivity contribution in [3.63, 3.8) is 0 Å². The molecule has 0 aromatic carbocycles. The fourth-order valence-corrected chi connectivity index (χ4v) is 2.28. The molecule has 0 aliphatic heterocycles. The molecule has 0 bridgehead atoms. The molecular weight excluding hydrogens is 392 g/mol. The van der Waals surface area contributed by atoms with Crippen molar-refractivity contribution in [3.05, 3.63) is 20.9 Å². The summed E-state index contributed by atoms with van der Waals surface area (Å²) >= 11 is 1.74. The van der Waals surface area contributed by atoms with Gasteiger partial charge in [0.2, 0.25) is 5.88 Å². The summed E-state index contributed by atoms with van der Waals surface area (Å²) < 4.78 is 45.3. The van der Waals surface area contributed by atoms with Crippen LogP contribution in [0, 0.1) is 3.70 Å². The summed E-state index contributed by atoms with van der Waals surface area (Å²) in [5, 5.41) is 0. The quantitative estimate of drug-likeness (QED) is 0.463. The van der Waals surface area contributed by atoms with E-state index < -0.39 is 18.2 Å². The molecule has 1 aromatic rings. The number of hydrogen-bond acceptors (Lipinski definition) is 5. The van der Waals surface area contributed by atoms with Crippen molar-refractivity contribution in [2.75, 3.05) is 6.61 Å². The van der Waals surface area contributed by atoms with E-state index in [0.717, 1.165) is 6.07 Å². The molecule has 0 aliphatic rings. The maximum absolute atomic E-state index is 12.2. The highest BCUT2D eigenvalue weighted by Gasteiger charge is 2.32. The highest BCUT2D eigenvalue weighted by Crippen LogP contribution is 2.26. The summed E-state index contributed by atoms with van der Waals surface area (Å²) in [6, 6.07) is 1.05. The summed E-state index contributed by atoms with van der Waals surface area (Å²) in [5.41, 5.74) is 6.32. The number of rotatable bonds is 5. The van der Waals surface area contributed by atoms with Crippen LogP contribution in [0.4, 0.5) is 13.2 Å². The standard InChI is InChI=1S/C11H12F3IN2O3/c1-2-19-9(18)4-6-3-8(20-11(12,13)14)17-10(15)7(6)5-16/h3H,2,4-5,16H2,1H3. The number of nitrogens with zero attached hydrogens (tertiary/aromatic N) is 1. The monoisotopic (exact) mass is 404 g/mol. The van der Waals surface area contributed by atoms with Gasteiger partial charge in [0.05, 0.1) is 13.0 Å². The molecule has 0 atom stereocenters. The van der Waals surface area contributed by atoms with Crippen molar-refractivity contribution in [2.24, 2.45) is 5.73 Å². The Morgan fingerprint density at radius 3 is 2.65 bits per heavy atom. The van der Waals surface area contributed by atoms with Gasteiger partial charge in [0.25, 0.3) is 0 Å². The fourth-order valence-electron chi connectivity index (χ4n) is 1.48. The van der Waals surface area contributed by atoms with Crippen molar-refractivity contribution in [2.45, 2.75) is 26.3 Å². The Morgan fingerprint density at radius 1 is 1.50 bits per heavy atom. The number of alkyl halides is 3. The molecule has 0 spiro atoms. The first-order chi connectivity index (χ1) is 9.26. The molecule has 9 heteroatoms. The van der Waals surface area contributed by atoms with E-state index in [-0.39, 0.29) is 23.3 Å². The zero-order valence-electron chi connectivity index (χ0n) is 10.5. The summed E-state index contributed by atoms with van der Waals surface area (Å²) in [6.07, 6.45) is -5.03. The van der Waals surface area contributed by atoms with Crippen LogP contribution in [0.15, 0.2) is 6.07 Å². The highest BCUT2D eigenvalue weighted by atomic mass is 127. The first-order valence-electron chi connectivity index (χ1n) is 5.56. The van der Waals surface area contributed by atoms with Crippen molar-refractivity contribution in [1.82, 2.24) is 4.98 Å². The largest absolute Gasteiger partial charge is 0.574 e. The maximum Gasteiger partial charge on any atom is 0.574 e. The molecule has 1 heterocycles. The average Bonchev–Trinajstić information content (AvgIpc) is 2.26. The molecule has 5 nitrogen and oxygen atoms in total. The third-order valence-corrected chi connectivity index (χ3v) is 3.10. The summed E-state index contributed by atoms with van der Waals surface area (Å²) in [4.78, 5) is 15.1.